The predicted molar refractivity (Wildman–Crippen MR) is 111 cm³/mol. The van der Waals surface area contributed by atoms with E-state index in [2.05, 4.69) is 19.0 Å². The van der Waals surface area contributed by atoms with Gasteiger partial charge in [0.1, 0.15) is 12.4 Å². The lowest BCUT2D eigenvalue weighted by Crippen LogP contribution is -2.62. The van der Waals surface area contributed by atoms with Crippen molar-refractivity contribution in [3.63, 3.8) is 0 Å². The van der Waals surface area contributed by atoms with Crippen LogP contribution in [-0.2, 0) is 9.63 Å². The lowest BCUT2D eigenvalue weighted by molar-refractivity contribution is -0.188. The number of carbonyl (C=O) groups is 1. The zero-order valence-electron chi connectivity index (χ0n) is 18.1. The quantitative estimate of drug-likeness (QED) is 0.622. The monoisotopic (exact) mass is 406 g/mol. The maximum absolute atomic E-state index is 12.6. The fourth-order valence-corrected chi connectivity index (χ4v) is 7.59. The van der Waals surface area contributed by atoms with Crippen LogP contribution in [0.25, 0.3) is 0 Å². The van der Waals surface area contributed by atoms with E-state index in [-0.39, 0.29) is 47.2 Å². The van der Waals surface area contributed by atoms with Crippen LogP contribution in [0.3, 0.4) is 0 Å². The van der Waals surface area contributed by atoms with Crippen LogP contribution in [0.2, 0.25) is 0 Å². The third-order valence-electron chi connectivity index (χ3n) is 9.24. The SMILES string of the molecule is CC(N)CON=C1CC[C@@]2(C)C(C1)C(CO)C(O)[C@@H]1[C@H]2CC[C@]2(C)C(=O)CC[C@@H]12. The summed E-state index contributed by atoms with van der Waals surface area (Å²) in [5.74, 6) is 1.17. The Hall–Kier alpha value is -0.980. The molecule has 0 aliphatic heterocycles. The van der Waals surface area contributed by atoms with Gasteiger partial charge in [0.25, 0.3) is 0 Å². The number of ketones is 1. The molecular weight excluding hydrogens is 368 g/mol. The summed E-state index contributed by atoms with van der Waals surface area (Å²) in [6, 6.07) is -0.0543. The van der Waals surface area contributed by atoms with Gasteiger partial charge in [0.05, 0.1) is 11.8 Å². The van der Waals surface area contributed by atoms with Crippen molar-refractivity contribution in [2.75, 3.05) is 13.2 Å². The zero-order chi connectivity index (χ0) is 21.0. The van der Waals surface area contributed by atoms with Crippen molar-refractivity contribution in [2.45, 2.75) is 77.9 Å². The summed E-state index contributed by atoms with van der Waals surface area (Å²) in [5, 5.41) is 26.1. The van der Waals surface area contributed by atoms with Gasteiger partial charge in [0.2, 0.25) is 0 Å². The van der Waals surface area contributed by atoms with Crippen molar-refractivity contribution in [1.29, 1.82) is 0 Å². The second kappa shape index (κ2) is 7.61. The third-order valence-corrected chi connectivity index (χ3v) is 9.24. The average molecular weight is 407 g/mol. The molecule has 0 aromatic carbocycles. The van der Waals surface area contributed by atoms with Gasteiger partial charge in [-0.15, -0.1) is 0 Å². The highest BCUT2D eigenvalue weighted by atomic mass is 16.6. The Morgan fingerprint density at radius 3 is 2.66 bits per heavy atom. The molecule has 0 amide bonds. The molecule has 6 heteroatoms. The van der Waals surface area contributed by atoms with Gasteiger partial charge in [0, 0.05) is 30.4 Å². The number of oxime groups is 1. The molecule has 0 aromatic rings. The van der Waals surface area contributed by atoms with E-state index < -0.39 is 6.10 Å². The molecule has 4 saturated carbocycles. The molecular formula is C23H38N2O4. The van der Waals surface area contributed by atoms with E-state index in [1.54, 1.807) is 0 Å². The smallest absolute Gasteiger partial charge is 0.139 e. The maximum atomic E-state index is 12.6. The van der Waals surface area contributed by atoms with Crippen molar-refractivity contribution in [1.82, 2.24) is 0 Å². The Labute approximate surface area is 174 Å². The second-order valence-electron chi connectivity index (χ2n) is 10.8. The maximum Gasteiger partial charge on any atom is 0.139 e. The summed E-state index contributed by atoms with van der Waals surface area (Å²) in [6.45, 7) is 6.76. The van der Waals surface area contributed by atoms with Crippen LogP contribution in [0, 0.1) is 40.4 Å². The predicted octanol–water partition coefficient (Wildman–Crippen LogP) is 2.51. The number of hydrogen-bond acceptors (Lipinski definition) is 6. The number of aliphatic hydroxyl groups excluding tert-OH is 2. The van der Waals surface area contributed by atoms with Crippen LogP contribution in [0.5, 0.6) is 0 Å². The van der Waals surface area contributed by atoms with E-state index in [9.17, 15) is 15.0 Å². The van der Waals surface area contributed by atoms with Gasteiger partial charge >= 0.3 is 0 Å². The molecule has 164 valence electrons. The highest BCUT2D eigenvalue weighted by Gasteiger charge is 2.64. The molecule has 0 heterocycles. The van der Waals surface area contributed by atoms with Gasteiger partial charge in [-0.2, -0.15) is 0 Å². The Kier molecular flexibility index (Phi) is 5.58. The van der Waals surface area contributed by atoms with Gasteiger partial charge in [-0.05, 0) is 74.5 Å². The van der Waals surface area contributed by atoms with Crippen LogP contribution in [0.1, 0.15) is 65.7 Å². The van der Waals surface area contributed by atoms with E-state index in [1.807, 2.05) is 6.92 Å². The summed E-state index contributed by atoms with van der Waals surface area (Å²) in [6.07, 6.45) is 5.59. The largest absolute Gasteiger partial charge is 0.396 e. The molecule has 4 aliphatic rings. The Bertz CT molecular complexity index is 680. The molecule has 0 radical (unpaired) electrons. The number of nitrogens with two attached hydrogens (primary N) is 1. The van der Waals surface area contributed by atoms with Crippen molar-refractivity contribution < 1.29 is 19.8 Å². The number of aliphatic hydroxyl groups is 2. The molecule has 6 nitrogen and oxygen atoms in total. The van der Waals surface area contributed by atoms with Crippen LogP contribution in [0.4, 0.5) is 0 Å². The van der Waals surface area contributed by atoms with Gasteiger partial charge in [-0.1, -0.05) is 19.0 Å². The number of rotatable bonds is 4. The second-order valence-corrected chi connectivity index (χ2v) is 10.8. The number of carbonyl (C=O) groups excluding carboxylic acids is 1. The van der Waals surface area contributed by atoms with Crippen LogP contribution in [0.15, 0.2) is 5.16 Å². The normalized spacial score (nSPS) is 49.3. The van der Waals surface area contributed by atoms with Gasteiger partial charge in [-0.3, -0.25) is 4.79 Å². The van der Waals surface area contributed by atoms with Crippen molar-refractivity contribution in [2.24, 2.45) is 51.3 Å². The fraction of sp³-hybridized carbons (Fsp3) is 0.913. The van der Waals surface area contributed by atoms with E-state index in [0.717, 1.165) is 44.2 Å². The molecule has 0 aromatic heterocycles. The fourth-order valence-electron chi connectivity index (χ4n) is 7.59. The lowest BCUT2D eigenvalue weighted by atomic mass is 9.42. The van der Waals surface area contributed by atoms with E-state index in [0.29, 0.717) is 24.7 Å². The molecule has 4 aliphatic carbocycles. The molecule has 0 saturated heterocycles. The van der Waals surface area contributed by atoms with Gasteiger partial charge < -0.3 is 20.8 Å². The minimum atomic E-state index is -0.553. The standard InChI is InChI=1S/C23H38N2O4/c1-13(24)12-29-25-14-6-8-22(2)17-7-9-23(3)16(4-5-19(23)27)20(17)21(28)15(11-26)18(22)10-14/h13,15-18,20-21,26,28H,4-12,24H2,1-3H3/t13?,15?,16-,17+,18?,20-,21?,22+,23-/m0/s1. The summed E-state index contributed by atoms with van der Waals surface area (Å²) in [5.41, 5.74) is 6.55. The first-order valence-corrected chi connectivity index (χ1v) is 11.5. The summed E-state index contributed by atoms with van der Waals surface area (Å²) >= 11 is 0. The molecule has 4 unspecified atom stereocenters. The number of hydrogen-bond donors (Lipinski definition) is 3. The van der Waals surface area contributed by atoms with Crippen molar-refractivity contribution in [3.8, 4) is 0 Å². The first kappa shape index (κ1) is 21.3. The molecule has 4 N–H and O–H groups in total. The summed E-state index contributed by atoms with van der Waals surface area (Å²) in [4.78, 5) is 18.1. The Morgan fingerprint density at radius 1 is 1.21 bits per heavy atom. The van der Waals surface area contributed by atoms with Gasteiger partial charge in [0.15, 0.2) is 0 Å². The molecule has 9 atom stereocenters. The topological polar surface area (TPSA) is 105 Å². The highest BCUT2D eigenvalue weighted by Crippen LogP contribution is 2.66. The number of nitrogens with zero attached hydrogens (tertiary/aromatic N) is 1. The first-order valence-electron chi connectivity index (χ1n) is 11.5. The Morgan fingerprint density at radius 2 is 1.97 bits per heavy atom. The number of Topliss-reactive ketones (excluding diaryl/α,β-unsaturated/α-hetero) is 1. The molecule has 0 spiro atoms. The van der Waals surface area contributed by atoms with Crippen LogP contribution >= 0.6 is 0 Å². The number of fused-ring (bicyclic) bond motifs is 5. The molecule has 4 rings (SSSR count). The molecule has 29 heavy (non-hydrogen) atoms. The first-order chi connectivity index (χ1) is 13.7. The highest BCUT2D eigenvalue weighted by molar-refractivity contribution is 5.87. The molecule has 4 fully saturated rings. The minimum Gasteiger partial charge on any atom is -0.396 e. The van der Waals surface area contributed by atoms with Crippen LogP contribution < -0.4 is 5.73 Å². The van der Waals surface area contributed by atoms with Crippen LogP contribution in [-0.4, -0.2) is 47.1 Å². The average Bonchev–Trinajstić information content (AvgIpc) is 2.98. The van der Waals surface area contributed by atoms with Gasteiger partial charge in [-0.25, -0.2) is 0 Å². The minimum absolute atomic E-state index is 0.0179. The lowest BCUT2D eigenvalue weighted by Gasteiger charge is -2.63. The summed E-state index contributed by atoms with van der Waals surface area (Å²) in [7, 11) is 0. The van der Waals surface area contributed by atoms with E-state index in [1.165, 1.54) is 0 Å². The Balaban J connectivity index is 1.61. The third kappa shape index (κ3) is 3.26. The van der Waals surface area contributed by atoms with Crippen molar-refractivity contribution in [3.05, 3.63) is 0 Å². The van der Waals surface area contributed by atoms with Crippen molar-refractivity contribution >= 4 is 11.5 Å². The zero-order valence-corrected chi connectivity index (χ0v) is 18.1. The molecule has 0 bridgehead atoms. The summed E-state index contributed by atoms with van der Waals surface area (Å²) < 4.78 is 0. The van der Waals surface area contributed by atoms with E-state index in [4.69, 9.17) is 10.6 Å². The van der Waals surface area contributed by atoms with E-state index >= 15 is 0 Å².